The fourth-order valence-corrected chi connectivity index (χ4v) is 6.36. The van der Waals surface area contributed by atoms with E-state index in [1.54, 1.807) is 7.11 Å². The van der Waals surface area contributed by atoms with Crippen LogP contribution >= 0.6 is 19.3 Å². The number of ether oxygens (including phenoxy) is 4. The van der Waals surface area contributed by atoms with Crippen LogP contribution in [0, 0.1) is 5.41 Å². The van der Waals surface area contributed by atoms with Crippen molar-refractivity contribution in [2.24, 2.45) is 5.41 Å². The summed E-state index contributed by atoms with van der Waals surface area (Å²) in [6, 6.07) is 9.76. The second kappa shape index (κ2) is 8.82. The minimum Gasteiger partial charge on any atom is -0.353 e. The van der Waals surface area contributed by atoms with E-state index in [1.165, 1.54) is 0 Å². The summed E-state index contributed by atoms with van der Waals surface area (Å²) in [5.41, 5.74) is 0.833. The molecule has 0 unspecified atom stereocenters. The summed E-state index contributed by atoms with van der Waals surface area (Å²) in [5.74, 6) is 0. The predicted molar refractivity (Wildman–Crippen MR) is 113 cm³/mol. The van der Waals surface area contributed by atoms with Crippen molar-refractivity contribution in [3.05, 3.63) is 35.9 Å². The van der Waals surface area contributed by atoms with E-state index in [9.17, 15) is 0 Å². The fourth-order valence-electron chi connectivity index (χ4n) is 3.44. The maximum absolute atomic E-state index is 6.20. The molecule has 29 heavy (non-hydrogen) atoms. The molecule has 3 saturated heterocycles. The Balaban J connectivity index is 1.49. The van der Waals surface area contributed by atoms with Crippen molar-refractivity contribution < 1.29 is 32.5 Å². The maximum atomic E-state index is 6.20. The van der Waals surface area contributed by atoms with Gasteiger partial charge < -0.3 is 28.0 Å². The molecule has 0 bridgehead atoms. The standard InChI is InChI=1S/C19H27O7PS2/c1-19(2)10-22-27(29,23-11-19)26-15-16(28)14-13(24-18(15)20-3)9-21-17(25-14)12-7-5-4-6-8-12/h4-8,13-18,28H,9-11H2,1-3H3/t13-,14-,15-,16+,17-,18+/m1/s1. The van der Waals surface area contributed by atoms with Gasteiger partial charge in [-0.05, 0) is 11.8 Å². The minimum atomic E-state index is -2.93. The molecule has 7 nitrogen and oxygen atoms in total. The van der Waals surface area contributed by atoms with Gasteiger partial charge in [-0.1, -0.05) is 44.2 Å². The lowest BCUT2D eigenvalue weighted by Gasteiger charge is -2.48. The number of hydrogen-bond acceptors (Lipinski definition) is 9. The highest BCUT2D eigenvalue weighted by molar-refractivity contribution is 8.07. The van der Waals surface area contributed by atoms with Gasteiger partial charge in [0.2, 0.25) is 0 Å². The number of benzene rings is 1. The van der Waals surface area contributed by atoms with Crippen molar-refractivity contribution in [2.45, 2.75) is 50.0 Å². The van der Waals surface area contributed by atoms with Crippen molar-refractivity contribution >= 4 is 31.2 Å². The zero-order chi connectivity index (χ0) is 20.6. The zero-order valence-corrected chi connectivity index (χ0v) is 19.2. The first kappa shape index (κ1) is 22.1. The number of thiol groups is 1. The Morgan fingerprint density at radius 3 is 2.48 bits per heavy atom. The van der Waals surface area contributed by atoms with E-state index in [0.29, 0.717) is 19.8 Å². The van der Waals surface area contributed by atoms with Crippen molar-refractivity contribution in [1.82, 2.24) is 0 Å². The molecule has 6 atom stereocenters. The van der Waals surface area contributed by atoms with Gasteiger partial charge in [0, 0.05) is 18.1 Å². The molecular weight excluding hydrogens is 435 g/mol. The Morgan fingerprint density at radius 1 is 1.14 bits per heavy atom. The van der Waals surface area contributed by atoms with Crippen LogP contribution in [0.3, 0.4) is 0 Å². The van der Waals surface area contributed by atoms with Gasteiger partial charge in [-0.3, -0.25) is 4.52 Å². The van der Waals surface area contributed by atoms with E-state index in [4.69, 9.17) is 57.0 Å². The van der Waals surface area contributed by atoms with Gasteiger partial charge in [0.15, 0.2) is 12.6 Å². The quantitative estimate of drug-likeness (QED) is 0.539. The molecule has 1 aromatic carbocycles. The fraction of sp³-hybridized carbons (Fsp3) is 0.684. The predicted octanol–water partition coefficient (Wildman–Crippen LogP) is 3.45. The van der Waals surface area contributed by atoms with Crippen LogP contribution in [0.15, 0.2) is 30.3 Å². The van der Waals surface area contributed by atoms with Crippen molar-refractivity contribution in [3.8, 4) is 0 Å². The van der Waals surface area contributed by atoms with Crippen molar-refractivity contribution in [2.75, 3.05) is 26.9 Å². The Kier molecular flexibility index (Phi) is 6.74. The molecule has 0 N–H and O–H groups in total. The van der Waals surface area contributed by atoms with Crippen LogP contribution in [-0.2, 0) is 44.3 Å². The number of rotatable bonds is 4. The summed E-state index contributed by atoms with van der Waals surface area (Å²) < 4.78 is 41.4. The van der Waals surface area contributed by atoms with Gasteiger partial charge in [-0.25, -0.2) is 0 Å². The number of fused-ring (bicyclic) bond motifs is 1. The van der Waals surface area contributed by atoms with Gasteiger partial charge in [0.05, 0.1) is 25.1 Å². The first-order chi connectivity index (χ1) is 13.8. The number of methoxy groups -OCH3 is 1. The second-order valence-corrected chi connectivity index (χ2v) is 11.7. The molecule has 0 saturated carbocycles. The largest absolute Gasteiger partial charge is 0.353 e. The average molecular weight is 463 g/mol. The molecule has 162 valence electrons. The summed E-state index contributed by atoms with van der Waals surface area (Å²) >= 11 is 10.4. The van der Waals surface area contributed by atoms with E-state index in [-0.39, 0.29) is 22.9 Å². The Labute approximate surface area is 181 Å². The third kappa shape index (κ3) is 4.90. The molecule has 3 fully saturated rings. The normalized spacial score (nSPS) is 38.9. The smallest absolute Gasteiger partial charge is 0.327 e. The van der Waals surface area contributed by atoms with Crippen LogP contribution < -0.4 is 0 Å². The molecule has 3 aliphatic heterocycles. The van der Waals surface area contributed by atoms with E-state index < -0.39 is 25.4 Å². The van der Waals surface area contributed by atoms with E-state index in [2.05, 4.69) is 13.8 Å². The second-order valence-electron chi connectivity index (χ2n) is 8.17. The zero-order valence-electron chi connectivity index (χ0n) is 16.6. The van der Waals surface area contributed by atoms with Gasteiger partial charge in [0.1, 0.15) is 18.3 Å². The highest BCUT2D eigenvalue weighted by Crippen LogP contribution is 2.57. The molecule has 0 amide bonds. The third-order valence-corrected chi connectivity index (χ3v) is 7.96. The highest BCUT2D eigenvalue weighted by atomic mass is 32.5. The minimum absolute atomic E-state index is 0.104. The summed E-state index contributed by atoms with van der Waals surface area (Å²) in [4.78, 5) is 0. The van der Waals surface area contributed by atoms with E-state index in [0.717, 1.165) is 5.56 Å². The van der Waals surface area contributed by atoms with Crippen LogP contribution in [0.2, 0.25) is 0 Å². The van der Waals surface area contributed by atoms with E-state index >= 15 is 0 Å². The first-order valence-corrected chi connectivity index (χ1v) is 12.6. The summed E-state index contributed by atoms with van der Waals surface area (Å²) in [7, 11) is 1.55. The SMILES string of the molecule is CO[C@H]1O[C@@H]2CO[C@@H](c3ccccc3)O[C@H]2[C@H](S)[C@H]1OP1(=S)OCC(C)(C)CO1. The van der Waals surface area contributed by atoms with Crippen LogP contribution in [0.5, 0.6) is 0 Å². The summed E-state index contributed by atoms with van der Waals surface area (Å²) in [6.45, 7) is 2.48. The lowest BCUT2D eigenvalue weighted by atomic mass is 9.97. The molecule has 0 radical (unpaired) electrons. The van der Waals surface area contributed by atoms with Crippen molar-refractivity contribution in [1.29, 1.82) is 0 Å². The Morgan fingerprint density at radius 2 is 1.83 bits per heavy atom. The van der Waals surface area contributed by atoms with E-state index in [1.807, 2.05) is 30.3 Å². The molecule has 4 rings (SSSR count). The lowest BCUT2D eigenvalue weighted by Crippen LogP contribution is -2.60. The summed E-state index contributed by atoms with van der Waals surface area (Å²) in [6.07, 6.45) is -2.47. The molecular formula is C19H27O7PS2. The van der Waals surface area contributed by atoms with Crippen LogP contribution in [0.4, 0.5) is 0 Å². The van der Waals surface area contributed by atoms with Crippen molar-refractivity contribution in [3.63, 3.8) is 0 Å². The Hall–Kier alpha value is -0.0600. The average Bonchev–Trinajstić information content (AvgIpc) is 2.73. The number of hydrogen-bond donors (Lipinski definition) is 1. The topological polar surface area (TPSA) is 64.6 Å². The molecule has 3 aliphatic rings. The van der Waals surface area contributed by atoms with Crippen LogP contribution in [-0.4, -0.2) is 56.8 Å². The highest BCUT2D eigenvalue weighted by Gasteiger charge is 2.51. The monoisotopic (exact) mass is 462 g/mol. The summed E-state index contributed by atoms with van der Waals surface area (Å²) in [5, 5.41) is -0.365. The molecule has 1 aromatic rings. The lowest BCUT2D eigenvalue weighted by molar-refractivity contribution is -0.328. The van der Waals surface area contributed by atoms with Crippen LogP contribution in [0.1, 0.15) is 25.7 Å². The molecule has 10 heteroatoms. The van der Waals surface area contributed by atoms with Gasteiger partial charge in [0.25, 0.3) is 0 Å². The van der Waals surface area contributed by atoms with Gasteiger partial charge >= 0.3 is 6.72 Å². The first-order valence-electron chi connectivity index (χ1n) is 9.56. The van der Waals surface area contributed by atoms with Gasteiger partial charge in [-0.15, -0.1) is 0 Å². The maximum Gasteiger partial charge on any atom is 0.327 e. The molecule has 0 aromatic heterocycles. The van der Waals surface area contributed by atoms with Crippen LogP contribution in [0.25, 0.3) is 0 Å². The molecule has 0 aliphatic carbocycles. The molecule has 0 spiro atoms. The third-order valence-electron chi connectivity index (χ3n) is 5.09. The molecule has 3 heterocycles. The van der Waals surface area contributed by atoms with Gasteiger partial charge in [-0.2, -0.15) is 12.6 Å². The Bertz CT molecular complexity index is 735.